The van der Waals surface area contributed by atoms with Crippen LogP contribution in [0.5, 0.6) is 5.75 Å². The fourth-order valence-electron chi connectivity index (χ4n) is 4.00. The molecular weight excluding hydrogens is 543 g/mol. The molecule has 2 aromatic carbocycles. The molecule has 41 heavy (non-hydrogen) atoms. The molecule has 0 N–H and O–H groups in total. The second-order valence-electron chi connectivity index (χ2n) is 11.3. The van der Waals surface area contributed by atoms with Crippen LogP contribution in [-0.2, 0) is 25.4 Å². The number of carbonyl (C=O) groups excluding carboxylic acids is 3. The number of hydrogen-bond acceptors (Lipinski definition) is 10. The van der Waals surface area contributed by atoms with Gasteiger partial charge in [-0.1, -0.05) is 12.1 Å². The van der Waals surface area contributed by atoms with Crippen LogP contribution < -0.4 is 4.74 Å². The molecular formula is C28H33FN2O10. The van der Waals surface area contributed by atoms with Crippen molar-refractivity contribution in [1.29, 1.82) is 0 Å². The predicted octanol–water partition coefficient (Wildman–Crippen LogP) is 5.80. The van der Waals surface area contributed by atoms with Gasteiger partial charge in [-0.05, 0) is 77.8 Å². The zero-order valence-corrected chi connectivity index (χ0v) is 23.6. The summed E-state index contributed by atoms with van der Waals surface area (Å²) >= 11 is 0. The number of non-ortho nitro benzene ring substituents is 1. The monoisotopic (exact) mass is 576 g/mol. The Morgan fingerprint density at radius 2 is 1.49 bits per heavy atom. The van der Waals surface area contributed by atoms with Gasteiger partial charge in [0.25, 0.3) is 5.69 Å². The summed E-state index contributed by atoms with van der Waals surface area (Å²) in [5.74, 6) is -0.503. The molecule has 12 nitrogen and oxygen atoms in total. The van der Waals surface area contributed by atoms with E-state index in [4.69, 9.17) is 23.7 Å². The summed E-state index contributed by atoms with van der Waals surface area (Å²) < 4.78 is 40.7. The van der Waals surface area contributed by atoms with Gasteiger partial charge in [0.05, 0.1) is 17.5 Å². The van der Waals surface area contributed by atoms with Crippen molar-refractivity contribution in [3.63, 3.8) is 0 Å². The molecule has 0 aliphatic carbocycles. The number of rotatable bonds is 6. The quantitative estimate of drug-likeness (QED) is 0.136. The van der Waals surface area contributed by atoms with Gasteiger partial charge in [0.1, 0.15) is 22.8 Å². The van der Waals surface area contributed by atoms with Crippen molar-refractivity contribution in [2.24, 2.45) is 0 Å². The van der Waals surface area contributed by atoms with Crippen LogP contribution in [0.4, 0.5) is 24.5 Å². The third kappa shape index (κ3) is 9.33. The van der Waals surface area contributed by atoms with Crippen LogP contribution in [-0.4, -0.2) is 64.2 Å². The molecule has 1 aliphatic heterocycles. The van der Waals surface area contributed by atoms with E-state index in [-0.39, 0.29) is 24.4 Å². The Bertz CT molecular complexity index is 1250. The highest BCUT2D eigenvalue weighted by Gasteiger charge is 2.50. The van der Waals surface area contributed by atoms with Gasteiger partial charge >= 0.3 is 18.4 Å². The Hall–Kier alpha value is -4.42. The van der Waals surface area contributed by atoms with Crippen molar-refractivity contribution in [3.05, 3.63) is 70.0 Å². The fourth-order valence-corrected chi connectivity index (χ4v) is 4.00. The number of halogens is 1. The highest BCUT2D eigenvalue weighted by Crippen LogP contribution is 2.30. The van der Waals surface area contributed by atoms with E-state index in [0.29, 0.717) is 5.56 Å². The van der Waals surface area contributed by atoms with Crippen molar-refractivity contribution >= 4 is 24.1 Å². The SMILES string of the molecule is CC(C)(C)OC(=O)O[C@H]1CN(C(=O)OC(C)(C)C)[C@H](Cc2ccc(F)cc2)[C@@H]1OC(=O)Oc1ccc([N+](=O)[O-])cc1. The Morgan fingerprint density at radius 1 is 0.902 bits per heavy atom. The van der Waals surface area contributed by atoms with Gasteiger partial charge in [-0.15, -0.1) is 0 Å². The summed E-state index contributed by atoms with van der Waals surface area (Å²) in [5.41, 5.74) is -1.37. The van der Waals surface area contributed by atoms with Gasteiger partial charge < -0.3 is 23.7 Å². The number of carbonyl (C=O) groups is 3. The van der Waals surface area contributed by atoms with Crippen molar-refractivity contribution in [2.45, 2.75) is 77.4 Å². The molecule has 0 spiro atoms. The van der Waals surface area contributed by atoms with Crippen molar-refractivity contribution in [1.82, 2.24) is 4.90 Å². The summed E-state index contributed by atoms with van der Waals surface area (Å²) in [7, 11) is 0. The Labute approximate surface area is 236 Å². The minimum Gasteiger partial charge on any atom is -0.444 e. The molecule has 3 rings (SSSR count). The maximum Gasteiger partial charge on any atom is 0.514 e. The molecule has 1 heterocycles. The van der Waals surface area contributed by atoms with E-state index in [9.17, 15) is 28.9 Å². The van der Waals surface area contributed by atoms with E-state index in [1.54, 1.807) is 41.5 Å². The lowest BCUT2D eigenvalue weighted by molar-refractivity contribution is -0.384. The molecule has 0 saturated carbocycles. The Kier molecular flexibility index (Phi) is 9.41. The minimum atomic E-state index is -1.26. The lowest BCUT2D eigenvalue weighted by atomic mass is 10.0. The topological polar surface area (TPSA) is 144 Å². The lowest BCUT2D eigenvalue weighted by Gasteiger charge is -2.30. The summed E-state index contributed by atoms with van der Waals surface area (Å²) in [5, 5.41) is 10.9. The summed E-state index contributed by atoms with van der Waals surface area (Å²) in [4.78, 5) is 50.3. The van der Waals surface area contributed by atoms with Crippen molar-refractivity contribution < 1.29 is 47.4 Å². The molecule has 1 fully saturated rings. The largest absolute Gasteiger partial charge is 0.514 e. The molecule has 1 aliphatic rings. The first-order valence-corrected chi connectivity index (χ1v) is 12.8. The Balaban J connectivity index is 1.92. The van der Waals surface area contributed by atoms with Crippen LogP contribution in [0.2, 0.25) is 0 Å². The first-order chi connectivity index (χ1) is 19.0. The number of amides is 1. The molecule has 2 aromatic rings. The van der Waals surface area contributed by atoms with Gasteiger partial charge in [0.2, 0.25) is 0 Å². The third-order valence-electron chi connectivity index (χ3n) is 5.63. The maximum absolute atomic E-state index is 13.6. The number of nitro benzene ring substituents is 1. The molecule has 13 heteroatoms. The zero-order valence-electron chi connectivity index (χ0n) is 23.6. The van der Waals surface area contributed by atoms with Crippen molar-refractivity contribution in [2.75, 3.05) is 6.54 Å². The van der Waals surface area contributed by atoms with E-state index in [1.807, 2.05) is 0 Å². The summed E-state index contributed by atoms with van der Waals surface area (Å²) in [6, 6.07) is 9.31. The smallest absolute Gasteiger partial charge is 0.444 e. The number of ether oxygens (including phenoxy) is 5. The fraction of sp³-hybridized carbons (Fsp3) is 0.464. The molecule has 1 saturated heterocycles. The average Bonchev–Trinajstić information content (AvgIpc) is 3.15. The first-order valence-electron chi connectivity index (χ1n) is 12.8. The zero-order chi connectivity index (χ0) is 30.5. The molecule has 222 valence electrons. The van der Waals surface area contributed by atoms with E-state index in [2.05, 4.69) is 0 Å². The minimum absolute atomic E-state index is 0.0395. The van der Waals surface area contributed by atoms with E-state index in [0.717, 1.165) is 12.1 Å². The lowest BCUT2D eigenvalue weighted by Crippen LogP contribution is -2.45. The average molecular weight is 577 g/mol. The molecule has 0 radical (unpaired) electrons. The second-order valence-corrected chi connectivity index (χ2v) is 11.3. The van der Waals surface area contributed by atoms with Crippen LogP contribution in [0, 0.1) is 15.9 Å². The number of likely N-dealkylation sites (tertiary alicyclic amines) is 1. The van der Waals surface area contributed by atoms with Gasteiger partial charge in [-0.25, -0.2) is 18.8 Å². The van der Waals surface area contributed by atoms with Gasteiger partial charge in [-0.2, -0.15) is 0 Å². The van der Waals surface area contributed by atoms with E-state index in [1.165, 1.54) is 41.3 Å². The number of benzene rings is 2. The summed E-state index contributed by atoms with van der Waals surface area (Å²) in [6.45, 7) is 9.75. The molecule has 0 unspecified atom stereocenters. The number of nitrogens with zero attached hydrogens (tertiary/aromatic N) is 2. The molecule has 0 aromatic heterocycles. The second kappa shape index (κ2) is 12.4. The van der Waals surface area contributed by atoms with Crippen molar-refractivity contribution in [3.8, 4) is 5.75 Å². The molecule has 1 amide bonds. The van der Waals surface area contributed by atoms with Gasteiger partial charge in [0, 0.05) is 12.1 Å². The normalized spacial score (nSPS) is 18.8. The summed E-state index contributed by atoms with van der Waals surface area (Å²) in [6.07, 6.45) is -5.39. The molecule has 3 atom stereocenters. The van der Waals surface area contributed by atoms with Crippen LogP contribution >= 0.6 is 0 Å². The van der Waals surface area contributed by atoms with E-state index < -0.39 is 58.6 Å². The predicted molar refractivity (Wildman–Crippen MR) is 142 cm³/mol. The molecule has 0 bridgehead atoms. The standard InChI is InChI=1S/C28H33FN2O10/c1-27(2,3)40-24(32)30-16-22(38-26(34)41-28(4,5)6)23(21(30)15-17-7-9-18(29)10-8-17)39-25(33)37-20-13-11-19(12-14-20)31(35)36/h7-14,21-23H,15-16H2,1-6H3/t21-,22+,23+/m1/s1. The van der Waals surface area contributed by atoms with Crippen LogP contribution in [0.15, 0.2) is 48.5 Å². The Morgan fingerprint density at radius 3 is 2.02 bits per heavy atom. The van der Waals surface area contributed by atoms with Crippen LogP contribution in [0.25, 0.3) is 0 Å². The highest BCUT2D eigenvalue weighted by molar-refractivity contribution is 5.70. The van der Waals surface area contributed by atoms with E-state index >= 15 is 0 Å². The third-order valence-corrected chi connectivity index (χ3v) is 5.63. The number of hydrogen-bond donors (Lipinski definition) is 0. The first kappa shape index (κ1) is 31.1. The van der Waals surface area contributed by atoms with Gasteiger partial charge in [-0.3, -0.25) is 15.0 Å². The number of nitro groups is 1. The maximum atomic E-state index is 13.6. The van der Waals surface area contributed by atoms with Crippen LogP contribution in [0.1, 0.15) is 47.1 Å². The highest BCUT2D eigenvalue weighted by atomic mass is 19.1. The van der Waals surface area contributed by atoms with Gasteiger partial charge in [0.15, 0.2) is 12.2 Å². The van der Waals surface area contributed by atoms with Crippen LogP contribution in [0.3, 0.4) is 0 Å².